The monoisotopic (exact) mass is 285 g/mol. The first-order valence-electron chi connectivity index (χ1n) is 7.53. The number of hydrogen-bond donors (Lipinski definition) is 0. The zero-order valence-corrected chi connectivity index (χ0v) is 13.2. The Balaban J connectivity index is 2.31. The van der Waals surface area contributed by atoms with Crippen LogP contribution in [0.3, 0.4) is 0 Å². The number of benzene rings is 3. The van der Waals surface area contributed by atoms with Gasteiger partial charge in [0.15, 0.2) is 0 Å². The van der Waals surface area contributed by atoms with Crippen LogP contribution >= 0.6 is 0 Å². The summed E-state index contributed by atoms with van der Waals surface area (Å²) in [7, 11) is 0. The van der Waals surface area contributed by atoms with Gasteiger partial charge in [0.05, 0.1) is 11.6 Å². The molecule has 0 heterocycles. The molecule has 3 rings (SSSR count). The number of nitriles is 1. The minimum Gasteiger partial charge on any atom is -0.192 e. The fourth-order valence-corrected chi connectivity index (χ4v) is 2.96. The van der Waals surface area contributed by atoms with Crippen LogP contribution in [-0.2, 0) is 5.41 Å². The van der Waals surface area contributed by atoms with Crippen molar-refractivity contribution in [2.24, 2.45) is 0 Å². The second-order valence-corrected chi connectivity index (χ2v) is 6.65. The highest BCUT2D eigenvalue weighted by atomic mass is 14.2. The van der Waals surface area contributed by atoms with Crippen LogP contribution in [0.1, 0.15) is 31.9 Å². The maximum absolute atomic E-state index is 9.12. The van der Waals surface area contributed by atoms with E-state index in [1.807, 2.05) is 18.2 Å². The van der Waals surface area contributed by atoms with Crippen LogP contribution in [-0.4, -0.2) is 0 Å². The molecule has 0 spiro atoms. The molecular weight excluding hydrogens is 266 g/mol. The molecule has 0 amide bonds. The Labute approximate surface area is 131 Å². The summed E-state index contributed by atoms with van der Waals surface area (Å²) in [6.45, 7) is 6.72. The molecule has 0 unspecified atom stereocenters. The van der Waals surface area contributed by atoms with E-state index >= 15 is 0 Å². The zero-order chi connectivity index (χ0) is 15.7. The molecule has 3 aromatic carbocycles. The van der Waals surface area contributed by atoms with E-state index in [1.165, 1.54) is 21.9 Å². The Hall–Kier alpha value is -2.59. The van der Waals surface area contributed by atoms with Gasteiger partial charge in [0.25, 0.3) is 0 Å². The summed E-state index contributed by atoms with van der Waals surface area (Å²) in [6, 6.07) is 23.0. The van der Waals surface area contributed by atoms with E-state index in [1.54, 1.807) is 0 Å². The van der Waals surface area contributed by atoms with Crippen molar-refractivity contribution < 1.29 is 0 Å². The highest BCUT2D eigenvalue weighted by Crippen LogP contribution is 2.36. The molecule has 0 radical (unpaired) electrons. The molecule has 3 aromatic rings. The quantitative estimate of drug-likeness (QED) is 0.564. The number of fused-ring (bicyclic) bond motifs is 1. The summed E-state index contributed by atoms with van der Waals surface area (Å²) in [5.74, 6) is 0. The van der Waals surface area contributed by atoms with Gasteiger partial charge >= 0.3 is 0 Å². The summed E-state index contributed by atoms with van der Waals surface area (Å²) in [5, 5.41) is 11.7. The van der Waals surface area contributed by atoms with Gasteiger partial charge in [-0.1, -0.05) is 69.3 Å². The second kappa shape index (κ2) is 5.31. The minimum atomic E-state index is 0.104. The lowest BCUT2D eigenvalue weighted by molar-refractivity contribution is 0.596. The Morgan fingerprint density at radius 1 is 0.818 bits per heavy atom. The van der Waals surface area contributed by atoms with Crippen LogP contribution in [0.5, 0.6) is 0 Å². The molecule has 0 saturated heterocycles. The Kier molecular flexibility index (Phi) is 3.47. The van der Waals surface area contributed by atoms with Crippen molar-refractivity contribution in [3.8, 4) is 17.2 Å². The van der Waals surface area contributed by atoms with Gasteiger partial charge in [-0.15, -0.1) is 0 Å². The molecule has 108 valence electrons. The van der Waals surface area contributed by atoms with Gasteiger partial charge in [-0.3, -0.25) is 0 Å². The average molecular weight is 285 g/mol. The van der Waals surface area contributed by atoms with Gasteiger partial charge in [0.1, 0.15) is 0 Å². The van der Waals surface area contributed by atoms with Crippen molar-refractivity contribution in [1.29, 1.82) is 5.26 Å². The van der Waals surface area contributed by atoms with E-state index in [9.17, 15) is 0 Å². The van der Waals surface area contributed by atoms with Crippen molar-refractivity contribution in [3.05, 3.63) is 71.8 Å². The molecule has 1 heteroatoms. The van der Waals surface area contributed by atoms with Gasteiger partial charge in [-0.2, -0.15) is 5.26 Å². The van der Waals surface area contributed by atoms with E-state index < -0.39 is 0 Å². The maximum atomic E-state index is 9.12. The van der Waals surface area contributed by atoms with Gasteiger partial charge in [-0.25, -0.2) is 0 Å². The van der Waals surface area contributed by atoms with Crippen molar-refractivity contribution in [2.75, 3.05) is 0 Å². The minimum absolute atomic E-state index is 0.104. The lowest BCUT2D eigenvalue weighted by Crippen LogP contribution is -2.11. The Morgan fingerprint density at radius 2 is 1.55 bits per heavy atom. The standard InChI is InChI=1S/C21H19N/c1-21(2,3)20-12-11-17(18-9-4-5-10-19(18)20)16-8-6-7-15(13-16)14-22/h4-13H,1-3H3. The highest BCUT2D eigenvalue weighted by Gasteiger charge is 2.18. The first-order valence-corrected chi connectivity index (χ1v) is 7.53. The van der Waals surface area contributed by atoms with Crippen molar-refractivity contribution in [1.82, 2.24) is 0 Å². The predicted octanol–water partition coefficient (Wildman–Crippen LogP) is 5.68. The largest absolute Gasteiger partial charge is 0.192 e. The van der Waals surface area contributed by atoms with Gasteiger partial charge in [-0.05, 0) is 45.0 Å². The Morgan fingerprint density at radius 3 is 2.23 bits per heavy atom. The summed E-state index contributed by atoms with van der Waals surface area (Å²) in [4.78, 5) is 0. The van der Waals surface area contributed by atoms with Crippen molar-refractivity contribution in [2.45, 2.75) is 26.2 Å². The topological polar surface area (TPSA) is 23.8 Å². The first-order chi connectivity index (χ1) is 10.5. The third-order valence-corrected chi connectivity index (χ3v) is 4.03. The summed E-state index contributed by atoms with van der Waals surface area (Å²) in [5.41, 5.74) is 4.42. The molecule has 0 saturated carbocycles. The first kappa shape index (κ1) is 14.4. The fraction of sp³-hybridized carbons (Fsp3) is 0.190. The molecular formula is C21H19N. The van der Waals surface area contributed by atoms with Crippen molar-refractivity contribution in [3.63, 3.8) is 0 Å². The van der Waals surface area contributed by atoms with Crippen LogP contribution < -0.4 is 0 Å². The molecule has 0 aromatic heterocycles. The van der Waals surface area contributed by atoms with Crippen LogP contribution in [0.25, 0.3) is 21.9 Å². The van der Waals surface area contributed by atoms with Crippen LogP contribution in [0.2, 0.25) is 0 Å². The smallest absolute Gasteiger partial charge is 0.0991 e. The molecule has 0 aliphatic carbocycles. The molecule has 0 N–H and O–H groups in total. The SMILES string of the molecule is CC(C)(C)c1ccc(-c2cccc(C#N)c2)c2ccccc12. The van der Waals surface area contributed by atoms with Crippen molar-refractivity contribution >= 4 is 10.8 Å². The molecule has 0 aliphatic rings. The van der Waals surface area contributed by atoms with Gasteiger partial charge in [0.2, 0.25) is 0 Å². The normalized spacial score (nSPS) is 11.4. The summed E-state index contributed by atoms with van der Waals surface area (Å²) >= 11 is 0. The molecule has 0 atom stereocenters. The van der Waals surface area contributed by atoms with E-state index in [2.05, 4.69) is 69.3 Å². The second-order valence-electron chi connectivity index (χ2n) is 6.65. The fourth-order valence-electron chi connectivity index (χ4n) is 2.96. The van der Waals surface area contributed by atoms with Crippen LogP contribution in [0, 0.1) is 11.3 Å². The molecule has 0 bridgehead atoms. The van der Waals surface area contributed by atoms with Crippen LogP contribution in [0.4, 0.5) is 0 Å². The summed E-state index contributed by atoms with van der Waals surface area (Å²) < 4.78 is 0. The molecule has 0 aliphatic heterocycles. The lowest BCUT2D eigenvalue weighted by atomic mass is 9.82. The zero-order valence-electron chi connectivity index (χ0n) is 13.2. The third-order valence-electron chi connectivity index (χ3n) is 4.03. The molecule has 0 fully saturated rings. The van der Waals surface area contributed by atoms with E-state index in [0.29, 0.717) is 5.56 Å². The van der Waals surface area contributed by atoms with Gasteiger partial charge in [0, 0.05) is 0 Å². The highest BCUT2D eigenvalue weighted by molar-refractivity contribution is 5.99. The third kappa shape index (κ3) is 2.49. The maximum Gasteiger partial charge on any atom is 0.0991 e. The number of nitrogens with zero attached hydrogens (tertiary/aromatic N) is 1. The summed E-state index contributed by atoms with van der Waals surface area (Å²) in [6.07, 6.45) is 0. The lowest BCUT2D eigenvalue weighted by Gasteiger charge is -2.22. The number of hydrogen-bond acceptors (Lipinski definition) is 1. The van der Waals surface area contributed by atoms with E-state index in [-0.39, 0.29) is 5.41 Å². The van der Waals surface area contributed by atoms with Gasteiger partial charge < -0.3 is 0 Å². The molecule has 1 nitrogen and oxygen atoms in total. The van der Waals surface area contributed by atoms with E-state index in [0.717, 1.165) is 5.56 Å². The van der Waals surface area contributed by atoms with Crippen LogP contribution in [0.15, 0.2) is 60.7 Å². The predicted molar refractivity (Wildman–Crippen MR) is 92.8 cm³/mol. The number of rotatable bonds is 1. The Bertz CT molecular complexity index is 876. The molecule has 22 heavy (non-hydrogen) atoms. The van der Waals surface area contributed by atoms with E-state index in [4.69, 9.17) is 5.26 Å². The average Bonchev–Trinajstić information content (AvgIpc) is 2.53.